The number of carbonyl (C=O) groups excluding carboxylic acids is 1. The molecule has 0 radical (unpaired) electrons. The Morgan fingerprint density at radius 2 is 1.80 bits per heavy atom. The molecule has 0 aliphatic heterocycles. The Balaban J connectivity index is 2.33. The number of amides is 1. The van der Waals surface area contributed by atoms with Crippen molar-refractivity contribution in [3.63, 3.8) is 0 Å². The number of aryl methyl sites for hydroxylation is 2. The number of nitrogens with one attached hydrogen (secondary N) is 1. The van der Waals surface area contributed by atoms with Crippen LogP contribution in [0.3, 0.4) is 0 Å². The smallest absolute Gasteiger partial charge is 0.256 e. The highest BCUT2D eigenvalue weighted by molar-refractivity contribution is 6.06. The molecule has 0 aliphatic carbocycles. The summed E-state index contributed by atoms with van der Waals surface area (Å²) in [7, 11) is 0. The van der Waals surface area contributed by atoms with Crippen molar-refractivity contribution in [3.8, 4) is 0 Å². The standard InChI is InChI=1S/C15H14F2N2O/c1-8-5-9(2)13(18)7-11(8)15(20)19-14-6-10(16)3-4-12(14)17/h3-7H,18H2,1-2H3,(H,19,20). The van der Waals surface area contributed by atoms with Crippen LogP contribution in [0, 0.1) is 25.5 Å². The minimum atomic E-state index is -0.697. The molecular weight excluding hydrogens is 262 g/mol. The molecule has 0 aromatic heterocycles. The van der Waals surface area contributed by atoms with Crippen molar-refractivity contribution in [2.24, 2.45) is 0 Å². The molecule has 1 amide bonds. The van der Waals surface area contributed by atoms with E-state index in [4.69, 9.17) is 5.73 Å². The fraction of sp³-hybridized carbons (Fsp3) is 0.133. The largest absolute Gasteiger partial charge is 0.398 e. The lowest BCUT2D eigenvalue weighted by atomic mass is 10.0. The number of halogens is 2. The third-order valence-corrected chi connectivity index (χ3v) is 3.03. The minimum absolute atomic E-state index is 0.200. The second-order valence-corrected chi connectivity index (χ2v) is 4.60. The molecule has 0 atom stereocenters. The zero-order chi connectivity index (χ0) is 14.9. The number of nitrogen functional groups attached to an aromatic ring is 1. The highest BCUT2D eigenvalue weighted by atomic mass is 19.1. The van der Waals surface area contributed by atoms with Gasteiger partial charge in [0.1, 0.15) is 11.6 Å². The molecule has 0 saturated carbocycles. The van der Waals surface area contributed by atoms with E-state index < -0.39 is 17.5 Å². The molecule has 0 spiro atoms. The Kier molecular flexibility index (Phi) is 3.70. The van der Waals surface area contributed by atoms with Gasteiger partial charge in [-0.05, 0) is 43.2 Å². The van der Waals surface area contributed by atoms with Gasteiger partial charge in [0.15, 0.2) is 0 Å². The van der Waals surface area contributed by atoms with Crippen LogP contribution < -0.4 is 11.1 Å². The first kappa shape index (κ1) is 14.0. The number of hydrogen-bond donors (Lipinski definition) is 2. The predicted octanol–water partition coefficient (Wildman–Crippen LogP) is 3.42. The van der Waals surface area contributed by atoms with Gasteiger partial charge in [0.05, 0.1) is 5.69 Å². The molecule has 104 valence electrons. The van der Waals surface area contributed by atoms with Crippen LogP contribution in [0.4, 0.5) is 20.2 Å². The number of benzene rings is 2. The van der Waals surface area contributed by atoms with Crippen LogP contribution in [0.2, 0.25) is 0 Å². The van der Waals surface area contributed by atoms with E-state index in [9.17, 15) is 13.6 Å². The van der Waals surface area contributed by atoms with Crippen molar-refractivity contribution in [3.05, 3.63) is 58.7 Å². The molecule has 2 aromatic carbocycles. The third kappa shape index (κ3) is 2.77. The second kappa shape index (κ2) is 5.28. The molecule has 0 fully saturated rings. The van der Waals surface area contributed by atoms with Gasteiger partial charge in [-0.1, -0.05) is 6.07 Å². The number of rotatable bonds is 2. The van der Waals surface area contributed by atoms with E-state index in [0.717, 1.165) is 23.8 Å². The molecule has 3 N–H and O–H groups in total. The van der Waals surface area contributed by atoms with Crippen molar-refractivity contribution < 1.29 is 13.6 Å². The van der Waals surface area contributed by atoms with E-state index in [-0.39, 0.29) is 5.69 Å². The Bertz CT molecular complexity index is 684. The molecule has 5 heteroatoms. The molecule has 2 aromatic rings. The zero-order valence-corrected chi connectivity index (χ0v) is 11.1. The van der Waals surface area contributed by atoms with E-state index in [1.807, 2.05) is 6.92 Å². The summed E-state index contributed by atoms with van der Waals surface area (Å²) in [5.74, 6) is -1.85. The van der Waals surface area contributed by atoms with E-state index in [2.05, 4.69) is 5.32 Å². The molecule has 0 bridgehead atoms. The van der Waals surface area contributed by atoms with Crippen LogP contribution in [0.15, 0.2) is 30.3 Å². The summed E-state index contributed by atoms with van der Waals surface area (Å²) in [4.78, 5) is 12.1. The molecule has 20 heavy (non-hydrogen) atoms. The van der Waals surface area contributed by atoms with Gasteiger partial charge in [0, 0.05) is 17.3 Å². The van der Waals surface area contributed by atoms with Crippen LogP contribution in [0.1, 0.15) is 21.5 Å². The summed E-state index contributed by atoms with van der Waals surface area (Å²) in [5.41, 5.74) is 7.93. The summed E-state index contributed by atoms with van der Waals surface area (Å²) < 4.78 is 26.5. The van der Waals surface area contributed by atoms with Crippen molar-refractivity contribution in [1.29, 1.82) is 0 Å². The van der Waals surface area contributed by atoms with Crippen LogP contribution in [0.25, 0.3) is 0 Å². The quantitative estimate of drug-likeness (QED) is 0.826. The lowest BCUT2D eigenvalue weighted by molar-refractivity contribution is 0.102. The molecule has 0 unspecified atom stereocenters. The van der Waals surface area contributed by atoms with E-state index in [1.54, 1.807) is 13.0 Å². The fourth-order valence-electron chi connectivity index (χ4n) is 1.90. The maximum Gasteiger partial charge on any atom is 0.256 e. The van der Waals surface area contributed by atoms with Crippen LogP contribution in [0.5, 0.6) is 0 Å². The molecular formula is C15H14F2N2O. The van der Waals surface area contributed by atoms with Gasteiger partial charge >= 0.3 is 0 Å². The van der Waals surface area contributed by atoms with Gasteiger partial charge < -0.3 is 11.1 Å². The topological polar surface area (TPSA) is 55.1 Å². The maximum atomic E-state index is 13.5. The van der Waals surface area contributed by atoms with E-state index in [0.29, 0.717) is 16.8 Å². The van der Waals surface area contributed by atoms with Gasteiger partial charge in [-0.15, -0.1) is 0 Å². The number of anilines is 2. The first-order valence-corrected chi connectivity index (χ1v) is 6.01. The number of nitrogens with two attached hydrogens (primary N) is 1. The predicted molar refractivity (Wildman–Crippen MR) is 74.6 cm³/mol. The fourth-order valence-corrected chi connectivity index (χ4v) is 1.90. The van der Waals surface area contributed by atoms with Crippen molar-refractivity contribution >= 4 is 17.3 Å². The van der Waals surface area contributed by atoms with Gasteiger partial charge in [-0.25, -0.2) is 8.78 Å². The Labute approximate surface area is 115 Å². The lowest BCUT2D eigenvalue weighted by Crippen LogP contribution is -2.15. The van der Waals surface area contributed by atoms with E-state index in [1.165, 1.54) is 6.07 Å². The minimum Gasteiger partial charge on any atom is -0.398 e. The number of hydrogen-bond acceptors (Lipinski definition) is 2. The molecule has 0 heterocycles. The van der Waals surface area contributed by atoms with E-state index >= 15 is 0 Å². The van der Waals surface area contributed by atoms with Gasteiger partial charge in [0.25, 0.3) is 5.91 Å². The Hall–Kier alpha value is -2.43. The van der Waals surface area contributed by atoms with Gasteiger partial charge in [-0.2, -0.15) is 0 Å². The third-order valence-electron chi connectivity index (χ3n) is 3.03. The second-order valence-electron chi connectivity index (χ2n) is 4.60. The first-order chi connectivity index (χ1) is 9.38. The summed E-state index contributed by atoms with van der Waals surface area (Å²) in [6, 6.07) is 6.17. The average Bonchev–Trinajstić information content (AvgIpc) is 2.38. The summed E-state index contributed by atoms with van der Waals surface area (Å²) >= 11 is 0. The highest BCUT2D eigenvalue weighted by Gasteiger charge is 2.13. The van der Waals surface area contributed by atoms with Crippen LogP contribution in [-0.2, 0) is 0 Å². The number of carbonyl (C=O) groups is 1. The van der Waals surface area contributed by atoms with Crippen molar-refractivity contribution in [2.45, 2.75) is 13.8 Å². The monoisotopic (exact) mass is 276 g/mol. The summed E-state index contributed by atoms with van der Waals surface area (Å²) in [5, 5.41) is 2.35. The first-order valence-electron chi connectivity index (χ1n) is 6.01. The van der Waals surface area contributed by atoms with Crippen molar-refractivity contribution in [1.82, 2.24) is 0 Å². The lowest BCUT2D eigenvalue weighted by Gasteiger charge is -2.11. The van der Waals surface area contributed by atoms with Crippen molar-refractivity contribution in [2.75, 3.05) is 11.1 Å². The Morgan fingerprint density at radius 3 is 2.50 bits per heavy atom. The highest BCUT2D eigenvalue weighted by Crippen LogP contribution is 2.21. The summed E-state index contributed by atoms with van der Waals surface area (Å²) in [6.07, 6.45) is 0. The SMILES string of the molecule is Cc1cc(C)c(C(=O)Nc2cc(F)ccc2F)cc1N. The van der Waals surface area contributed by atoms with Crippen LogP contribution in [-0.4, -0.2) is 5.91 Å². The normalized spacial score (nSPS) is 10.4. The van der Waals surface area contributed by atoms with Crippen LogP contribution >= 0.6 is 0 Å². The molecule has 0 saturated heterocycles. The van der Waals surface area contributed by atoms with Gasteiger partial charge in [-0.3, -0.25) is 4.79 Å². The van der Waals surface area contributed by atoms with Gasteiger partial charge in [0.2, 0.25) is 0 Å². The maximum absolute atomic E-state index is 13.5. The average molecular weight is 276 g/mol. The molecule has 3 nitrogen and oxygen atoms in total. The molecule has 2 rings (SSSR count). The summed E-state index contributed by atoms with van der Waals surface area (Å²) in [6.45, 7) is 3.58. The molecule has 0 aliphatic rings. The zero-order valence-electron chi connectivity index (χ0n) is 11.1. The Morgan fingerprint density at radius 1 is 1.10 bits per heavy atom.